The summed E-state index contributed by atoms with van der Waals surface area (Å²) < 4.78 is 11.5. The molecule has 4 heteroatoms. The van der Waals surface area contributed by atoms with Crippen molar-refractivity contribution < 1.29 is 13.9 Å². The highest BCUT2D eigenvalue weighted by Gasteiger charge is 2.14. The number of hydrogen-bond acceptors (Lipinski definition) is 3. The molecule has 146 valence electrons. The Morgan fingerprint density at radius 3 is 2.38 bits per heavy atom. The van der Waals surface area contributed by atoms with Crippen LogP contribution in [-0.4, -0.2) is 5.91 Å². The average molecular weight is 385 g/mol. The monoisotopic (exact) mass is 385 g/mol. The number of ether oxygens (including phenoxy) is 1. The molecule has 0 fully saturated rings. The van der Waals surface area contributed by atoms with Crippen LogP contribution in [0.3, 0.4) is 0 Å². The minimum atomic E-state index is -0.267. The van der Waals surface area contributed by atoms with Crippen LogP contribution < -0.4 is 10.1 Å². The highest BCUT2D eigenvalue weighted by Crippen LogP contribution is 2.24. The molecule has 29 heavy (non-hydrogen) atoms. The third kappa shape index (κ3) is 4.16. The molecule has 3 aromatic carbocycles. The summed E-state index contributed by atoms with van der Waals surface area (Å²) in [5, 5.41) is 5.24. The fourth-order valence-electron chi connectivity index (χ4n) is 3.54. The largest absolute Gasteiger partial charge is 0.486 e. The Morgan fingerprint density at radius 1 is 0.897 bits per heavy atom. The van der Waals surface area contributed by atoms with Crippen molar-refractivity contribution in [2.75, 3.05) is 5.32 Å². The lowest BCUT2D eigenvalue weighted by atomic mass is 10.1. The van der Waals surface area contributed by atoms with Gasteiger partial charge in [-0.15, -0.1) is 0 Å². The van der Waals surface area contributed by atoms with Crippen LogP contribution in [0.15, 0.2) is 71.1 Å². The zero-order chi connectivity index (χ0) is 20.4. The molecule has 0 aliphatic heterocycles. The summed E-state index contributed by atoms with van der Waals surface area (Å²) >= 11 is 0. The zero-order valence-electron chi connectivity index (χ0n) is 16.8. The van der Waals surface area contributed by atoms with Gasteiger partial charge in [-0.05, 0) is 66.9 Å². The minimum Gasteiger partial charge on any atom is -0.486 e. The molecule has 0 unspecified atom stereocenters. The lowest BCUT2D eigenvalue weighted by Crippen LogP contribution is -2.13. The van der Waals surface area contributed by atoms with E-state index in [1.807, 2.05) is 69.3 Å². The molecule has 1 amide bonds. The number of hydrogen-bond donors (Lipinski definition) is 1. The van der Waals surface area contributed by atoms with Crippen LogP contribution in [0.4, 0.5) is 5.69 Å². The summed E-state index contributed by atoms with van der Waals surface area (Å²) in [5.74, 6) is 1.36. The first-order chi connectivity index (χ1) is 14.0. The molecule has 0 saturated carbocycles. The number of rotatable bonds is 5. The maximum atomic E-state index is 12.6. The van der Waals surface area contributed by atoms with E-state index < -0.39 is 0 Å². The molecule has 1 aromatic heterocycles. The predicted molar refractivity (Wildman–Crippen MR) is 116 cm³/mol. The Hall–Kier alpha value is -3.53. The van der Waals surface area contributed by atoms with Gasteiger partial charge in [-0.3, -0.25) is 4.79 Å². The number of anilines is 1. The van der Waals surface area contributed by atoms with Gasteiger partial charge in [0.15, 0.2) is 5.76 Å². The number of carbonyl (C=O) groups excluding carboxylic acids is 1. The van der Waals surface area contributed by atoms with Crippen LogP contribution in [0, 0.1) is 20.8 Å². The van der Waals surface area contributed by atoms with Gasteiger partial charge >= 0.3 is 0 Å². The summed E-state index contributed by atoms with van der Waals surface area (Å²) in [6.07, 6.45) is 0. The molecule has 0 atom stereocenters. The van der Waals surface area contributed by atoms with Gasteiger partial charge in [0.25, 0.3) is 5.91 Å². The molecule has 1 N–H and O–H groups in total. The molecule has 4 rings (SSSR count). The quantitative estimate of drug-likeness (QED) is 0.446. The Kier molecular flexibility index (Phi) is 5.09. The fourth-order valence-corrected chi connectivity index (χ4v) is 3.54. The van der Waals surface area contributed by atoms with Crippen molar-refractivity contribution in [1.82, 2.24) is 0 Å². The third-order valence-corrected chi connectivity index (χ3v) is 4.90. The van der Waals surface area contributed by atoms with Crippen LogP contribution >= 0.6 is 0 Å². The number of aryl methyl sites for hydroxylation is 3. The normalized spacial score (nSPS) is 10.9. The van der Waals surface area contributed by atoms with E-state index in [-0.39, 0.29) is 18.3 Å². The fraction of sp³-hybridized carbons (Fsp3) is 0.160. The molecular formula is C25H23NO3. The van der Waals surface area contributed by atoms with Gasteiger partial charge in [-0.25, -0.2) is 0 Å². The summed E-state index contributed by atoms with van der Waals surface area (Å²) in [6, 6.07) is 21.6. The molecule has 0 saturated heterocycles. The van der Waals surface area contributed by atoms with Gasteiger partial charge in [-0.1, -0.05) is 48.0 Å². The molecule has 4 nitrogen and oxygen atoms in total. The highest BCUT2D eigenvalue weighted by molar-refractivity contribution is 6.03. The number of carbonyl (C=O) groups is 1. The van der Waals surface area contributed by atoms with Crippen molar-refractivity contribution in [3.63, 3.8) is 0 Å². The first-order valence-electron chi connectivity index (χ1n) is 9.59. The van der Waals surface area contributed by atoms with E-state index in [1.54, 1.807) is 12.1 Å². The molecular weight excluding hydrogens is 362 g/mol. The molecule has 0 bridgehead atoms. The van der Waals surface area contributed by atoms with Crippen molar-refractivity contribution in [3.05, 3.63) is 94.9 Å². The second kappa shape index (κ2) is 7.84. The topological polar surface area (TPSA) is 51.5 Å². The molecule has 0 aliphatic carbocycles. The Labute approximate surface area is 170 Å². The standard InChI is InChI=1S/C25H23NO3/c1-16-12-17(2)24(18(3)13-16)26-25(27)23-11-10-22(29-23)15-28-21-9-8-19-6-4-5-7-20(19)14-21/h4-14H,15H2,1-3H3,(H,26,27). The Morgan fingerprint density at radius 2 is 1.62 bits per heavy atom. The number of benzene rings is 3. The van der Waals surface area contributed by atoms with Crippen molar-refractivity contribution in [2.24, 2.45) is 0 Å². The number of amides is 1. The van der Waals surface area contributed by atoms with Gasteiger partial charge in [0.1, 0.15) is 18.1 Å². The van der Waals surface area contributed by atoms with Crippen LogP contribution in [-0.2, 0) is 6.61 Å². The van der Waals surface area contributed by atoms with Gasteiger partial charge in [0, 0.05) is 5.69 Å². The van der Waals surface area contributed by atoms with E-state index in [1.165, 1.54) is 10.9 Å². The van der Waals surface area contributed by atoms with Gasteiger partial charge in [-0.2, -0.15) is 0 Å². The number of nitrogens with one attached hydrogen (secondary N) is 1. The summed E-state index contributed by atoms with van der Waals surface area (Å²) in [5.41, 5.74) is 4.06. The van der Waals surface area contributed by atoms with Gasteiger partial charge < -0.3 is 14.5 Å². The first-order valence-corrected chi connectivity index (χ1v) is 9.59. The molecule has 1 heterocycles. The molecule has 0 aliphatic rings. The van der Waals surface area contributed by atoms with E-state index in [2.05, 4.69) is 11.4 Å². The van der Waals surface area contributed by atoms with E-state index in [9.17, 15) is 4.79 Å². The summed E-state index contributed by atoms with van der Waals surface area (Å²) in [6.45, 7) is 6.27. The van der Waals surface area contributed by atoms with Crippen molar-refractivity contribution in [2.45, 2.75) is 27.4 Å². The van der Waals surface area contributed by atoms with Crippen LogP contribution in [0.5, 0.6) is 5.75 Å². The zero-order valence-corrected chi connectivity index (χ0v) is 16.8. The van der Waals surface area contributed by atoms with E-state index in [4.69, 9.17) is 9.15 Å². The SMILES string of the molecule is Cc1cc(C)c(NC(=O)c2ccc(COc3ccc4ccccc4c3)o2)c(C)c1. The van der Waals surface area contributed by atoms with Crippen molar-refractivity contribution >= 4 is 22.4 Å². The molecule has 4 aromatic rings. The van der Waals surface area contributed by atoms with Crippen LogP contribution in [0.2, 0.25) is 0 Å². The van der Waals surface area contributed by atoms with E-state index in [0.717, 1.165) is 28.0 Å². The van der Waals surface area contributed by atoms with E-state index in [0.29, 0.717) is 5.76 Å². The predicted octanol–water partition coefficient (Wildman–Crippen LogP) is 6.19. The number of furan rings is 1. The van der Waals surface area contributed by atoms with Gasteiger partial charge in [0.05, 0.1) is 0 Å². The van der Waals surface area contributed by atoms with Crippen molar-refractivity contribution in [1.29, 1.82) is 0 Å². The second-order valence-electron chi connectivity index (χ2n) is 7.29. The van der Waals surface area contributed by atoms with Crippen LogP contribution in [0.25, 0.3) is 10.8 Å². The maximum absolute atomic E-state index is 12.6. The second-order valence-corrected chi connectivity index (χ2v) is 7.29. The summed E-state index contributed by atoms with van der Waals surface area (Å²) in [4.78, 5) is 12.6. The lowest BCUT2D eigenvalue weighted by molar-refractivity contribution is 0.0992. The van der Waals surface area contributed by atoms with Crippen molar-refractivity contribution in [3.8, 4) is 5.75 Å². The lowest BCUT2D eigenvalue weighted by Gasteiger charge is -2.12. The number of fused-ring (bicyclic) bond motifs is 1. The van der Waals surface area contributed by atoms with Crippen LogP contribution in [0.1, 0.15) is 33.0 Å². The van der Waals surface area contributed by atoms with Gasteiger partial charge in [0.2, 0.25) is 0 Å². The third-order valence-electron chi connectivity index (χ3n) is 4.90. The molecule has 0 spiro atoms. The van der Waals surface area contributed by atoms with E-state index >= 15 is 0 Å². The minimum absolute atomic E-state index is 0.258. The Bertz CT molecular complexity index is 1170. The average Bonchev–Trinajstić information content (AvgIpc) is 3.18. The molecule has 0 radical (unpaired) electrons. The smallest absolute Gasteiger partial charge is 0.291 e. The highest BCUT2D eigenvalue weighted by atomic mass is 16.5. The first kappa shape index (κ1) is 18.8. The Balaban J connectivity index is 1.43. The summed E-state index contributed by atoms with van der Waals surface area (Å²) in [7, 11) is 0. The maximum Gasteiger partial charge on any atom is 0.291 e.